The summed E-state index contributed by atoms with van der Waals surface area (Å²) in [4.78, 5) is 24.5. The van der Waals surface area contributed by atoms with E-state index in [1.165, 1.54) is 18.4 Å². The lowest BCUT2D eigenvalue weighted by molar-refractivity contribution is -0.128. The lowest BCUT2D eigenvalue weighted by atomic mass is 10.1. The molecule has 2 aromatic carbocycles. The van der Waals surface area contributed by atoms with Crippen LogP contribution in [-0.4, -0.2) is 39.6 Å². The Hall–Kier alpha value is -2.40. The molecule has 1 saturated heterocycles. The van der Waals surface area contributed by atoms with Crippen LogP contribution in [0.25, 0.3) is 22.3 Å². The number of benzene rings is 2. The molecule has 0 N–H and O–H groups in total. The summed E-state index contributed by atoms with van der Waals surface area (Å²) in [5, 5.41) is 1.94. The van der Waals surface area contributed by atoms with Crippen LogP contribution in [-0.2, 0) is 11.2 Å². The minimum absolute atomic E-state index is 0.219. The largest absolute Gasteiger partial charge is 0.342 e. The summed E-state index contributed by atoms with van der Waals surface area (Å²) >= 11 is 1.54. The predicted octanol–water partition coefficient (Wildman–Crippen LogP) is 5.35. The van der Waals surface area contributed by atoms with E-state index in [-0.39, 0.29) is 5.91 Å². The number of nitrogens with zero attached hydrogens (tertiary/aromatic N) is 3. The summed E-state index contributed by atoms with van der Waals surface area (Å²) in [6.45, 7) is 3.92. The van der Waals surface area contributed by atoms with Crippen molar-refractivity contribution in [3.05, 3.63) is 54.1 Å². The van der Waals surface area contributed by atoms with Gasteiger partial charge in [0.1, 0.15) is 5.03 Å². The van der Waals surface area contributed by atoms with E-state index in [1.807, 2.05) is 35.2 Å². The molecule has 0 spiro atoms. The van der Waals surface area contributed by atoms with E-state index < -0.39 is 0 Å². The van der Waals surface area contributed by atoms with E-state index in [0.29, 0.717) is 11.6 Å². The molecule has 0 saturated carbocycles. The van der Waals surface area contributed by atoms with Crippen molar-refractivity contribution >= 4 is 28.6 Å². The molecule has 1 aliphatic rings. The first kappa shape index (κ1) is 19.9. The summed E-state index contributed by atoms with van der Waals surface area (Å²) in [5.74, 6) is 1.36. The first-order valence-corrected chi connectivity index (χ1v) is 11.5. The minimum atomic E-state index is 0.219. The fourth-order valence-corrected chi connectivity index (χ4v) is 4.65. The van der Waals surface area contributed by atoms with Crippen molar-refractivity contribution in [2.45, 2.75) is 44.1 Å². The fraction of sp³-hybridized carbons (Fsp3) is 0.375. The Bertz CT molecular complexity index is 982. The molecule has 3 aromatic rings. The molecule has 4 nitrogen and oxygen atoms in total. The van der Waals surface area contributed by atoms with Gasteiger partial charge in [-0.3, -0.25) is 4.79 Å². The van der Waals surface area contributed by atoms with Gasteiger partial charge in [0.2, 0.25) is 5.91 Å². The predicted molar refractivity (Wildman–Crippen MR) is 120 cm³/mol. The third-order valence-corrected chi connectivity index (χ3v) is 6.43. The number of thioether (sulfide) groups is 1. The number of carbonyl (C=O) groups excluding carboxylic acids is 1. The number of hydrogen-bond acceptors (Lipinski definition) is 4. The van der Waals surface area contributed by atoms with Crippen molar-refractivity contribution in [3.8, 4) is 11.4 Å². The average molecular weight is 406 g/mol. The summed E-state index contributed by atoms with van der Waals surface area (Å²) in [7, 11) is 0. The van der Waals surface area contributed by atoms with Crippen molar-refractivity contribution < 1.29 is 4.79 Å². The number of fused-ring (bicyclic) bond motifs is 1. The zero-order valence-electron chi connectivity index (χ0n) is 16.9. The van der Waals surface area contributed by atoms with Crippen LogP contribution >= 0.6 is 11.8 Å². The molecule has 5 heteroatoms. The molecule has 2 heterocycles. The Morgan fingerprint density at radius 1 is 1.00 bits per heavy atom. The maximum absolute atomic E-state index is 12.8. The van der Waals surface area contributed by atoms with Crippen LogP contribution in [0.15, 0.2) is 53.6 Å². The molecule has 1 amide bonds. The highest BCUT2D eigenvalue weighted by molar-refractivity contribution is 8.00. The second kappa shape index (κ2) is 9.40. The maximum atomic E-state index is 12.8. The first-order chi connectivity index (χ1) is 14.2. The molecule has 1 aliphatic heterocycles. The highest BCUT2D eigenvalue weighted by atomic mass is 32.2. The van der Waals surface area contributed by atoms with E-state index >= 15 is 0 Å². The van der Waals surface area contributed by atoms with Gasteiger partial charge in [0, 0.05) is 24.0 Å². The van der Waals surface area contributed by atoms with Crippen molar-refractivity contribution in [3.63, 3.8) is 0 Å². The monoisotopic (exact) mass is 405 g/mol. The van der Waals surface area contributed by atoms with E-state index in [0.717, 1.165) is 53.8 Å². The molecule has 150 valence electrons. The topological polar surface area (TPSA) is 46.1 Å². The van der Waals surface area contributed by atoms with Crippen LogP contribution in [0.4, 0.5) is 0 Å². The van der Waals surface area contributed by atoms with Crippen LogP contribution in [0, 0.1) is 0 Å². The van der Waals surface area contributed by atoms with Gasteiger partial charge in [-0.05, 0) is 37.0 Å². The van der Waals surface area contributed by atoms with Gasteiger partial charge < -0.3 is 4.90 Å². The molecule has 0 radical (unpaired) electrons. The molecule has 1 aromatic heterocycles. The number of aryl methyl sites for hydroxylation is 1. The third-order valence-electron chi connectivity index (χ3n) is 5.46. The molecule has 4 rings (SSSR count). The second-order valence-corrected chi connectivity index (χ2v) is 8.47. The van der Waals surface area contributed by atoms with Crippen LogP contribution in [0.1, 0.15) is 38.2 Å². The molecule has 29 heavy (non-hydrogen) atoms. The van der Waals surface area contributed by atoms with Gasteiger partial charge in [-0.2, -0.15) is 0 Å². The van der Waals surface area contributed by atoms with Gasteiger partial charge in [0.05, 0.1) is 11.3 Å². The lowest BCUT2D eigenvalue weighted by Crippen LogP contribution is -2.33. The van der Waals surface area contributed by atoms with Gasteiger partial charge in [-0.15, -0.1) is 0 Å². The highest BCUT2D eigenvalue weighted by Gasteiger charge is 2.17. The number of likely N-dealkylation sites (tertiary alicyclic amines) is 1. The van der Waals surface area contributed by atoms with Crippen molar-refractivity contribution in [2.75, 3.05) is 18.8 Å². The third kappa shape index (κ3) is 4.78. The van der Waals surface area contributed by atoms with Crippen LogP contribution in [0.5, 0.6) is 0 Å². The standard InChI is InChI=1S/C24H27N3OS/c1-2-18-12-13-21-20(16-18)24(26-23(25-21)19-10-6-5-7-11-19)29-17-22(28)27-14-8-3-4-9-15-27/h5-7,10-13,16H,2-4,8-9,14-15,17H2,1H3. The Labute approximate surface area is 176 Å². The summed E-state index contributed by atoms with van der Waals surface area (Å²) in [5.41, 5.74) is 3.18. The van der Waals surface area contributed by atoms with Crippen molar-refractivity contribution in [1.29, 1.82) is 0 Å². The minimum Gasteiger partial charge on any atom is -0.342 e. The average Bonchev–Trinajstić information content (AvgIpc) is 3.07. The van der Waals surface area contributed by atoms with Crippen LogP contribution in [0.3, 0.4) is 0 Å². The molecular formula is C24H27N3OS. The molecule has 1 fully saturated rings. The fourth-order valence-electron chi connectivity index (χ4n) is 3.74. The van der Waals surface area contributed by atoms with Crippen LogP contribution < -0.4 is 0 Å². The Morgan fingerprint density at radius 3 is 2.48 bits per heavy atom. The molecule has 0 unspecified atom stereocenters. The van der Waals surface area contributed by atoms with E-state index in [4.69, 9.17) is 9.97 Å². The maximum Gasteiger partial charge on any atom is 0.232 e. The quantitative estimate of drug-likeness (QED) is 0.424. The summed E-state index contributed by atoms with van der Waals surface area (Å²) in [6, 6.07) is 16.4. The van der Waals surface area contributed by atoms with E-state index in [2.05, 4.69) is 25.1 Å². The number of carbonyl (C=O) groups is 1. The smallest absolute Gasteiger partial charge is 0.232 e. The SMILES string of the molecule is CCc1ccc2nc(-c3ccccc3)nc(SCC(=O)N3CCCCCC3)c2c1. The first-order valence-electron chi connectivity index (χ1n) is 10.5. The van der Waals surface area contributed by atoms with E-state index in [9.17, 15) is 4.79 Å². The number of hydrogen-bond donors (Lipinski definition) is 0. The number of amides is 1. The Balaban J connectivity index is 1.64. The zero-order valence-corrected chi connectivity index (χ0v) is 17.8. The molecule has 0 atom stereocenters. The van der Waals surface area contributed by atoms with Crippen molar-refractivity contribution in [1.82, 2.24) is 14.9 Å². The summed E-state index contributed by atoms with van der Waals surface area (Å²) < 4.78 is 0. The highest BCUT2D eigenvalue weighted by Crippen LogP contribution is 2.29. The number of rotatable bonds is 5. The van der Waals surface area contributed by atoms with E-state index in [1.54, 1.807) is 11.8 Å². The van der Waals surface area contributed by atoms with Crippen molar-refractivity contribution in [2.24, 2.45) is 0 Å². The molecule has 0 bridgehead atoms. The van der Waals surface area contributed by atoms with Gasteiger partial charge in [-0.25, -0.2) is 9.97 Å². The Morgan fingerprint density at radius 2 is 1.76 bits per heavy atom. The summed E-state index contributed by atoms with van der Waals surface area (Å²) in [6.07, 6.45) is 5.66. The lowest BCUT2D eigenvalue weighted by Gasteiger charge is -2.20. The number of aromatic nitrogens is 2. The van der Waals surface area contributed by atoms with Gasteiger partial charge >= 0.3 is 0 Å². The normalized spacial score (nSPS) is 14.7. The molecule has 0 aliphatic carbocycles. The second-order valence-electron chi connectivity index (χ2n) is 7.51. The molecular weight excluding hydrogens is 378 g/mol. The van der Waals surface area contributed by atoms with Gasteiger partial charge in [0.15, 0.2) is 5.82 Å². The van der Waals surface area contributed by atoms with Gasteiger partial charge in [0.25, 0.3) is 0 Å². The van der Waals surface area contributed by atoms with Gasteiger partial charge in [-0.1, -0.05) is 67.9 Å². The zero-order chi connectivity index (χ0) is 20.1. The van der Waals surface area contributed by atoms with Crippen LogP contribution in [0.2, 0.25) is 0 Å². The Kier molecular flexibility index (Phi) is 6.45.